The van der Waals surface area contributed by atoms with E-state index in [4.69, 9.17) is 11.6 Å². The molecule has 1 amide bonds. The lowest BCUT2D eigenvalue weighted by Crippen LogP contribution is -2.17. The third-order valence-electron chi connectivity index (χ3n) is 3.06. The molecule has 0 aliphatic carbocycles. The largest absolute Gasteiger partial charge is 0.350 e. The van der Waals surface area contributed by atoms with Gasteiger partial charge in [0.15, 0.2) is 0 Å². The van der Waals surface area contributed by atoms with Crippen molar-refractivity contribution in [3.05, 3.63) is 70.6 Å². The van der Waals surface area contributed by atoms with Gasteiger partial charge in [-0.1, -0.05) is 23.7 Å². The molecule has 0 radical (unpaired) electrons. The number of fused-ring (bicyclic) bond motifs is 1. The van der Waals surface area contributed by atoms with Crippen LogP contribution >= 0.6 is 11.6 Å². The summed E-state index contributed by atoms with van der Waals surface area (Å²) < 4.78 is 13.0. The maximum Gasteiger partial charge on any atom is 0.287 e. The van der Waals surface area contributed by atoms with Crippen LogP contribution in [0.1, 0.15) is 16.1 Å². The van der Waals surface area contributed by atoms with E-state index in [-0.39, 0.29) is 11.7 Å². The Morgan fingerprint density at radius 1 is 1.23 bits per heavy atom. The van der Waals surface area contributed by atoms with E-state index < -0.39 is 0 Å². The highest BCUT2D eigenvalue weighted by atomic mass is 35.5. The second kappa shape index (κ2) is 5.99. The molecule has 110 valence electrons. The van der Waals surface area contributed by atoms with Crippen molar-refractivity contribution in [2.75, 3.05) is 0 Å². The lowest BCUT2D eigenvalue weighted by Gasteiger charge is -1.96. The fourth-order valence-corrected chi connectivity index (χ4v) is 2.22. The fraction of sp³-hybridized carbons (Fsp3) is 0. The number of benzene rings is 2. The van der Waals surface area contributed by atoms with Crippen molar-refractivity contribution >= 4 is 34.6 Å². The van der Waals surface area contributed by atoms with Gasteiger partial charge in [0.05, 0.1) is 6.21 Å². The number of hydrogen-bond acceptors (Lipinski definition) is 2. The van der Waals surface area contributed by atoms with Crippen molar-refractivity contribution in [3.63, 3.8) is 0 Å². The summed E-state index contributed by atoms with van der Waals surface area (Å²) in [5.74, 6) is -0.747. The fourth-order valence-electron chi connectivity index (χ4n) is 2.04. The van der Waals surface area contributed by atoms with Gasteiger partial charge >= 0.3 is 0 Å². The molecule has 0 unspecified atom stereocenters. The Bertz CT molecular complexity index is 873. The first-order valence-corrected chi connectivity index (χ1v) is 6.87. The standard InChI is InChI=1S/C16H11ClFN3O/c17-12-4-5-14-11(7-12)8-15(20-14)16(22)21-19-9-10-2-1-3-13(18)6-10/h1-9,20H,(H,21,22). The van der Waals surface area contributed by atoms with E-state index in [0.29, 0.717) is 16.3 Å². The predicted molar refractivity (Wildman–Crippen MR) is 84.8 cm³/mol. The van der Waals surface area contributed by atoms with Crippen LogP contribution in [0, 0.1) is 5.82 Å². The minimum atomic E-state index is -0.389. The van der Waals surface area contributed by atoms with E-state index in [1.165, 1.54) is 18.3 Å². The van der Waals surface area contributed by atoms with Gasteiger partial charge in [0.25, 0.3) is 5.91 Å². The number of nitrogens with zero attached hydrogens (tertiary/aromatic N) is 1. The number of hydrazone groups is 1. The Kier molecular flexibility index (Phi) is 3.89. The van der Waals surface area contributed by atoms with Crippen molar-refractivity contribution in [2.45, 2.75) is 0 Å². The Labute approximate surface area is 130 Å². The molecular formula is C16H11ClFN3O. The van der Waals surface area contributed by atoms with Gasteiger partial charge in [-0.25, -0.2) is 9.82 Å². The number of aromatic amines is 1. The van der Waals surface area contributed by atoms with E-state index in [2.05, 4.69) is 15.5 Å². The highest BCUT2D eigenvalue weighted by Gasteiger charge is 2.08. The molecule has 2 aromatic carbocycles. The SMILES string of the molecule is O=C(NN=Cc1cccc(F)c1)c1cc2cc(Cl)ccc2[nH]1. The maximum atomic E-state index is 13.0. The molecule has 0 spiro atoms. The second-order valence-corrected chi connectivity index (χ2v) is 5.11. The first-order chi connectivity index (χ1) is 10.6. The van der Waals surface area contributed by atoms with Gasteiger partial charge < -0.3 is 4.98 Å². The van der Waals surface area contributed by atoms with Crippen molar-refractivity contribution in [1.29, 1.82) is 0 Å². The lowest BCUT2D eigenvalue weighted by atomic mass is 10.2. The van der Waals surface area contributed by atoms with E-state index in [9.17, 15) is 9.18 Å². The Hall–Kier alpha value is -2.66. The number of rotatable bonds is 3. The van der Waals surface area contributed by atoms with Gasteiger partial charge in [-0.05, 0) is 42.0 Å². The van der Waals surface area contributed by atoms with Crippen LogP contribution in [0.25, 0.3) is 10.9 Å². The summed E-state index contributed by atoms with van der Waals surface area (Å²) in [6, 6.07) is 12.9. The number of carbonyl (C=O) groups excluding carboxylic acids is 1. The smallest absolute Gasteiger partial charge is 0.287 e. The number of halogens is 2. The number of carbonyl (C=O) groups is 1. The quantitative estimate of drug-likeness (QED) is 0.561. The molecule has 0 atom stereocenters. The van der Waals surface area contributed by atoms with E-state index >= 15 is 0 Å². The molecule has 1 heterocycles. The molecular weight excluding hydrogens is 305 g/mol. The van der Waals surface area contributed by atoms with Crippen LogP contribution in [0.4, 0.5) is 4.39 Å². The van der Waals surface area contributed by atoms with Gasteiger partial charge in [0.2, 0.25) is 0 Å². The van der Waals surface area contributed by atoms with Gasteiger partial charge in [0.1, 0.15) is 11.5 Å². The number of H-pyrrole nitrogens is 1. The van der Waals surface area contributed by atoms with Crippen molar-refractivity contribution in [1.82, 2.24) is 10.4 Å². The highest BCUT2D eigenvalue weighted by molar-refractivity contribution is 6.31. The molecule has 0 bridgehead atoms. The summed E-state index contributed by atoms with van der Waals surface area (Å²) in [6.45, 7) is 0. The zero-order valence-corrected chi connectivity index (χ0v) is 12.1. The minimum absolute atomic E-state index is 0.359. The second-order valence-electron chi connectivity index (χ2n) is 4.67. The number of hydrogen-bond donors (Lipinski definition) is 2. The summed E-state index contributed by atoms with van der Waals surface area (Å²) in [6.07, 6.45) is 1.38. The molecule has 1 aromatic heterocycles. The van der Waals surface area contributed by atoms with Crippen LogP contribution in [-0.2, 0) is 0 Å². The molecule has 0 saturated heterocycles. The predicted octanol–water partition coefficient (Wildman–Crippen LogP) is 3.72. The average molecular weight is 316 g/mol. The van der Waals surface area contributed by atoms with E-state index in [1.54, 1.807) is 36.4 Å². The summed E-state index contributed by atoms with van der Waals surface area (Å²) in [5.41, 5.74) is 4.12. The van der Waals surface area contributed by atoms with Gasteiger partial charge in [0, 0.05) is 15.9 Å². The molecule has 0 saturated carbocycles. The number of amides is 1. The highest BCUT2D eigenvalue weighted by Crippen LogP contribution is 2.19. The summed E-state index contributed by atoms with van der Waals surface area (Å²) in [7, 11) is 0. The van der Waals surface area contributed by atoms with Gasteiger partial charge in [-0.15, -0.1) is 0 Å². The Balaban J connectivity index is 1.73. The normalized spacial score (nSPS) is 11.2. The number of aromatic nitrogens is 1. The molecule has 22 heavy (non-hydrogen) atoms. The Morgan fingerprint density at radius 2 is 2.09 bits per heavy atom. The zero-order valence-electron chi connectivity index (χ0n) is 11.3. The van der Waals surface area contributed by atoms with Gasteiger partial charge in [-0.3, -0.25) is 4.79 Å². The third-order valence-corrected chi connectivity index (χ3v) is 3.29. The summed E-state index contributed by atoms with van der Waals surface area (Å²) >= 11 is 5.90. The third kappa shape index (κ3) is 3.15. The topological polar surface area (TPSA) is 57.2 Å². The monoisotopic (exact) mass is 315 g/mol. The molecule has 3 aromatic rings. The van der Waals surface area contributed by atoms with Crippen molar-refractivity contribution < 1.29 is 9.18 Å². The van der Waals surface area contributed by atoms with Crippen LogP contribution in [0.2, 0.25) is 5.02 Å². The molecule has 0 aliphatic heterocycles. The van der Waals surface area contributed by atoms with E-state index in [1.807, 2.05) is 0 Å². The van der Waals surface area contributed by atoms with E-state index in [0.717, 1.165) is 10.9 Å². The molecule has 0 aliphatic rings. The molecule has 2 N–H and O–H groups in total. The van der Waals surface area contributed by atoms with Crippen LogP contribution in [0.5, 0.6) is 0 Å². The first-order valence-electron chi connectivity index (χ1n) is 6.49. The maximum absolute atomic E-state index is 13.0. The summed E-state index contributed by atoms with van der Waals surface area (Å²) in [4.78, 5) is 15.0. The average Bonchev–Trinajstić information content (AvgIpc) is 2.90. The zero-order chi connectivity index (χ0) is 15.5. The van der Waals surface area contributed by atoms with Crippen LogP contribution < -0.4 is 5.43 Å². The van der Waals surface area contributed by atoms with Gasteiger partial charge in [-0.2, -0.15) is 5.10 Å². The Morgan fingerprint density at radius 3 is 2.91 bits per heavy atom. The molecule has 3 rings (SSSR count). The summed E-state index contributed by atoms with van der Waals surface area (Å²) in [5, 5.41) is 5.25. The molecule has 0 fully saturated rings. The minimum Gasteiger partial charge on any atom is -0.350 e. The van der Waals surface area contributed by atoms with Crippen LogP contribution in [0.15, 0.2) is 53.6 Å². The first kappa shape index (κ1) is 14.3. The number of nitrogens with one attached hydrogen (secondary N) is 2. The lowest BCUT2D eigenvalue weighted by molar-refractivity contribution is 0.0951. The van der Waals surface area contributed by atoms with Crippen LogP contribution in [0.3, 0.4) is 0 Å². The molecule has 6 heteroatoms. The van der Waals surface area contributed by atoms with Crippen molar-refractivity contribution in [2.24, 2.45) is 5.10 Å². The molecule has 4 nitrogen and oxygen atoms in total. The van der Waals surface area contributed by atoms with Crippen LogP contribution in [-0.4, -0.2) is 17.1 Å². The van der Waals surface area contributed by atoms with Crippen molar-refractivity contribution in [3.8, 4) is 0 Å².